The third-order valence-electron chi connectivity index (χ3n) is 4.32. The minimum Gasteiger partial charge on any atom is -0.497 e. The number of amides is 1. The lowest BCUT2D eigenvalue weighted by Crippen LogP contribution is -2.20. The van der Waals surface area contributed by atoms with Gasteiger partial charge >= 0.3 is 6.18 Å². The average Bonchev–Trinajstić information content (AvgIpc) is 2.78. The number of methoxy groups -OCH3 is 1. The lowest BCUT2D eigenvalue weighted by Gasteiger charge is -2.11. The third-order valence-corrected chi connectivity index (χ3v) is 5.72. The summed E-state index contributed by atoms with van der Waals surface area (Å²) in [5.41, 5.74) is -0.562. The Bertz CT molecular complexity index is 1210. The maximum Gasteiger partial charge on any atom is 0.416 e. The van der Waals surface area contributed by atoms with Gasteiger partial charge < -0.3 is 14.8 Å². The number of rotatable bonds is 8. The van der Waals surface area contributed by atoms with E-state index in [0.717, 1.165) is 12.1 Å². The summed E-state index contributed by atoms with van der Waals surface area (Å²) in [7, 11) is -2.36. The van der Waals surface area contributed by atoms with E-state index in [1.165, 1.54) is 43.5 Å². The highest BCUT2D eigenvalue weighted by molar-refractivity contribution is 7.92. The second kappa shape index (κ2) is 9.82. The van der Waals surface area contributed by atoms with Crippen LogP contribution in [-0.2, 0) is 21.0 Å². The number of ether oxygens (including phenoxy) is 2. The largest absolute Gasteiger partial charge is 0.497 e. The molecule has 33 heavy (non-hydrogen) atoms. The Labute approximate surface area is 188 Å². The van der Waals surface area contributed by atoms with Crippen LogP contribution in [0.1, 0.15) is 5.56 Å². The van der Waals surface area contributed by atoms with Crippen molar-refractivity contribution in [1.29, 1.82) is 0 Å². The van der Waals surface area contributed by atoms with Crippen molar-refractivity contribution < 1.29 is 35.9 Å². The van der Waals surface area contributed by atoms with Crippen LogP contribution in [0.5, 0.6) is 11.5 Å². The molecule has 0 radical (unpaired) electrons. The van der Waals surface area contributed by atoms with Gasteiger partial charge in [-0.05, 0) is 66.7 Å². The summed E-state index contributed by atoms with van der Waals surface area (Å²) in [5.74, 6) is 0.112. The predicted molar refractivity (Wildman–Crippen MR) is 116 cm³/mol. The average molecular weight is 480 g/mol. The SMILES string of the molecule is COc1ccc(NS(=O)(=O)c2ccc(OCC(=O)Nc3cccc(C(F)(F)F)c3)cc2)cc1. The van der Waals surface area contributed by atoms with Gasteiger partial charge in [-0.25, -0.2) is 8.42 Å². The first kappa shape index (κ1) is 23.9. The van der Waals surface area contributed by atoms with Gasteiger partial charge in [-0.2, -0.15) is 13.2 Å². The molecule has 0 atom stereocenters. The van der Waals surface area contributed by atoms with Crippen LogP contribution in [0.15, 0.2) is 77.7 Å². The fourth-order valence-corrected chi connectivity index (χ4v) is 3.77. The zero-order valence-electron chi connectivity index (χ0n) is 17.2. The molecule has 3 aromatic rings. The van der Waals surface area contributed by atoms with E-state index >= 15 is 0 Å². The van der Waals surface area contributed by atoms with Gasteiger partial charge in [0.25, 0.3) is 15.9 Å². The predicted octanol–water partition coefficient (Wildman–Crippen LogP) is 4.53. The normalized spacial score (nSPS) is 11.5. The Morgan fingerprint density at radius 1 is 0.909 bits per heavy atom. The van der Waals surface area contributed by atoms with Gasteiger partial charge in [0.05, 0.1) is 17.6 Å². The van der Waals surface area contributed by atoms with Crippen molar-refractivity contribution in [3.8, 4) is 11.5 Å². The molecule has 0 aliphatic rings. The molecular formula is C22H19F3N2O5S. The molecular weight excluding hydrogens is 461 g/mol. The first-order chi connectivity index (χ1) is 15.6. The molecule has 11 heteroatoms. The van der Waals surface area contributed by atoms with Crippen LogP contribution in [0.4, 0.5) is 24.5 Å². The van der Waals surface area contributed by atoms with E-state index in [2.05, 4.69) is 10.0 Å². The number of carbonyl (C=O) groups excluding carboxylic acids is 1. The standard InChI is InChI=1S/C22H19F3N2O5S/c1-31-18-7-5-16(6-8-18)27-33(29,30)20-11-9-19(10-12-20)32-14-21(28)26-17-4-2-3-15(13-17)22(23,24)25/h2-13,27H,14H2,1H3,(H,26,28). The van der Waals surface area contributed by atoms with Crippen LogP contribution in [0.3, 0.4) is 0 Å². The van der Waals surface area contributed by atoms with E-state index in [4.69, 9.17) is 9.47 Å². The Kier molecular flexibility index (Phi) is 7.12. The van der Waals surface area contributed by atoms with E-state index in [1.807, 2.05) is 0 Å². The van der Waals surface area contributed by atoms with Gasteiger partial charge in [-0.3, -0.25) is 9.52 Å². The molecule has 0 fully saturated rings. The molecule has 0 bridgehead atoms. The van der Waals surface area contributed by atoms with Gasteiger partial charge in [-0.15, -0.1) is 0 Å². The fourth-order valence-electron chi connectivity index (χ4n) is 2.71. The zero-order valence-corrected chi connectivity index (χ0v) is 18.0. The Morgan fingerprint density at radius 3 is 2.15 bits per heavy atom. The Balaban J connectivity index is 1.57. The lowest BCUT2D eigenvalue weighted by atomic mass is 10.2. The highest BCUT2D eigenvalue weighted by atomic mass is 32.2. The number of hydrogen-bond donors (Lipinski definition) is 2. The topological polar surface area (TPSA) is 93.7 Å². The van der Waals surface area contributed by atoms with Crippen molar-refractivity contribution in [3.63, 3.8) is 0 Å². The van der Waals surface area contributed by atoms with Crippen molar-refractivity contribution in [2.24, 2.45) is 0 Å². The monoisotopic (exact) mass is 480 g/mol. The molecule has 7 nitrogen and oxygen atoms in total. The van der Waals surface area contributed by atoms with Crippen LogP contribution in [0, 0.1) is 0 Å². The molecule has 3 aromatic carbocycles. The van der Waals surface area contributed by atoms with E-state index in [1.54, 1.807) is 24.3 Å². The maximum absolute atomic E-state index is 12.8. The molecule has 0 saturated heterocycles. The van der Waals surface area contributed by atoms with Gasteiger partial charge in [0, 0.05) is 11.4 Å². The summed E-state index contributed by atoms with van der Waals surface area (Å²) in [6.07, 6.45) is -4.53. The Morgan fingerprint density at radius 2 is 1.55 bits per heavy atom. The summed E-state index contributed by atoms with van der Waals surface area (Å²) in [6, 6.07) is 15.9. The van der Waals surface area contributed by atoms with Crippen molar-refractivity contribution in [2.75, 3.05) is 23.8 Å². The number of carbonyl (C=O) groups is 1. The number of nitrogens with one attached hydrogen (secondary N) is 2. The van der Waals surface area contributed by atoms with Crippen LogP contribution in [0.2, 0.25) is 0 Å². The smallest absolute Gasteiger partial charge is 0.416 e. The lowest BCUT2D eigenvalue weighted by molar-refractivity contribution is -0.137. The molecule has 0 aliphatic heterocycles. The van der Waals surface area contributed by atoms with E-state index in [9.17, 15) is 26.4 Å². The molecule has 1 amide bonds. The second-order valence-corrected chi connectivity index (χ2v) is 8.40. The fraction of sp³-hybridized carbons (Fsp3) is 0.136. The first-order valence-electron chi connectivity index (χ1n) is 9.44. The number of alkyl halides is 3. The molecule has 3 rings (SSSR count). The number of anilines is 2. The van der Waals surface area contributed by atoms with E-state index < -0.39 is 34.3 Å². The minimum atomic E-state index is -4.53. The summed E-state index contributed by atoms with van der Waals surface area (Å²) >= 11 is 0. The van der Waals surface area contributed by atoms with Gasteiger partial charge in [0.15, 0.2) is 6.61 Å². The molecule has 0 heterocycles. The number of halogens is 3. The molecule has 0 saturated carbocycles. The molecule has 0 aliphatic carbocycles. The highest BCUT2D eigenvalue weighted by Gasteiger charge is 2.30. The first-order valence-corrected chi connectivity index (χ1v) is 10.9. The van der Waals surface area contributed by atoms with Crippen molar-refractivity contribution in [3.05, 3.63) is 78.4 Å². The molecule has 0 spiro atoms. The van der Waals surface area contributed by atoms with Crippen molar-refractivity contribution in [1.82, 2.24) is 0 Å². The minimum absolute atomic E-state index is 0.0236. The summed E-state index contributed by atoms with van der Waals surface area (Å²) in [4.78, 5) is 12.0. The zero-order chi connectivity index (χ0) is 24.1. The Hall–Kier alpha value is -3.73. The summed E-state index contributed by atoms with van der Waals surface area (Å²) in [6.45, 7) is -0.480. The number of benzene rings is 3. The quantitative estimate of drug-likeness (QED) is 0.494. The number of sulfonamides is 1. The van der Waals surface area contributed by atoms with Gasteiger partial charge in [0.2, 0.25) is 0 Å². The van der Waals surface area contributed by atoms with Crippen LogP contribution < -0.4 is 19.5 Å². The van der Waals surface area contributed by atoms with Gasteiger partial charge in [0.1, 0.15) is 11.5 Å². The molecule has 174 valence electrons. The molecule has 0 unspecified atom stereocenters. The second-order valence-electron chi connectivity index (χ2n) is 6.72. The van der Waals surface area contributed by atoms with Crippen molar-refractivity contribution in [2.45, 2.75) is 11.1 Å². The van der Waals surface area contributed by atoms with Crippen LogP contribution in [0.25, 0.3) is 0 Å². The number of hydrogen-bond acceptors (Lipinski definition) is 5. The summed E-state index contributed by atoms with van der Waals surface area (Å²) < 4.78 is 76.0. The van der Waals surface area contributed by atoms with Crippen LogP contribution >= 0.6 is 0 Å². The van der Waals surface area contributed by atoms with Crippen molar-refractivity contribution >= 4 is 27.3 Å². The highest BCUT2D eigenvalue weighted by Crippen LogP contribution is 2.30. The summed E-state index contributed by atoms with van der Waals surface area (Å²) in [5, 5.41) is 2.32. The van der Waals surface area contributed by atoms with E-state index in [0.29, 0.717) is 11.4 Å². The van der Waals surface area contributed by atoms with Crippen LogP contribution in [-0.4, -0.2) is 28.0 Å². The van der Waals surface area contributed by atoms with Gasteiger partial charge in [-0.1, -0.05) is 6.07 Å². The van der Waals surface area contributed by atoms with E-state index in [-0.39, 0.29) is 16.3 Å². The maximum atomic E-state index is 12.8. The molecule has 0 aromatic heterocycles. The third kappa shape index (κ3) is 6.62. The molecule has 2 N–H and O–H groups in total.